The van der Waals surface area contributed by atoms with Crippen molar-refractivity contribution in [1.29, 1.82) is 0 Å². The highest BCUT2D eigenvalue weighted by Gasteiger charge is 2.08. The van der Waals surface area contributed by atoms with Crippen LogP contribution in [0.15, 0.2) is 0 Å². The van der Waals surface area contributed by atoms with E-state index in [9.17, 15) is 9.59 Å². The van der Waals surface area contributed by atoms with Crippen LogP contribution in [-0.4, -0.2) is 18.1 Å². The van der Waals surface area contributed by atoms with Crippen LogP contribution in [0.2, 0.25) is 0 Å². The summed E-state index contributed by atoms with van der Waals surface area (Å²) >= 11 is 0. The quantitative estimate of drug-likeness (QED) is 0.702. The molecule has 0 spiro atoms. The van der Waals surface area contributed by atoms with E-state index in [4.69, 9.17) is 4.74 Å². The van der Waals surface area contributed by atoms with E-state index < -0.39 is 6.09 Å². The summed E-state index contributed by atoms with van der Waals surface area (Å²) in [5, 5.41) is 2.11. The predicted octanol–water partition coefficient (Wildman–Crippen LogP) is 1.45. The number of ether oxygens (including phenoxy) is 1. The van der Waals surface area contributed by atoms with Gasteiger partial charge in [0.05, 0.1) is 6.10 Å². The Morgan fingerprint density at radius 3 is 2.42 bits per heavy atom. The van der Waals surface area contributed by atoms with E-state index in [1.807, 2.05) is 6.92 Å². The second-order valence-electron chi connectivity index (χ2n) is 2.75. The van der Waals surface area contributed by atoms with Crippen LogP contribution in [0.1, 0.15) is 33.6 Å². The van der Waals surface area contributed by atoms with Crippen molar-refractivity contribution < 1.29 is 14.3 Å². The van der Waals surface area contributed by atoms with E-state index in [-0.39, 0.29) is 12.0 Å². The summed E-state index contributed by atoms with van der Waals surface area (Å²) in [5.74, 6) is -0.289. The summed E-state index contributed by atoms with van der Waals surface area (Å²) in [6, 6.07) is 0. The number of hydrogen-bond acceptors (Lipinski definition) is 3. The fraction of sp³-hybridized carbons (Fsp3) is 0.750. The van der Waals surface area contributed by atoms with E-state index in [2.05, 4.69) is 5.32 Å². The summed E-state index contributed by atoms with van der Waals surface area (Å²) in [4.78, 5) is 21.6. The van der Waals surface area contributed by atoms with Crippen LogP contribution in [-0.2, 0) is 9.53 Å². The number of rotatable bonds is 3. The number of imide groups is 1. The highest BCUT2D eigenvalue weighted by Crippen LogP contribution is 1.90. The molecule has 70 valence electrons. The predicted molar refractivity (Wildman–Crippen MR) is 44.7 cm³/mol. The Hall–Kier alpha value is -1.06. The van der Waals surface area contributed by atoms with Crippen molar-refractivity contribution in [2.45, 2.75) is 39.7 Å². The lowest BCUT2D eigenvalue weighted by Gasteiger charge is -2.07. The summed E-state index contributed by atoms with van der Waals surface area (Å²) in [7, 11) is 0. The van der Waals surface area contributed by atoms with Crippen LogP contribution >= 0.6 is 0 Å². The van der Waals surface area contributed by atoms with E-state index in [0.717, 1.165) is 6.42 Å². The van der Waals surface area contributed by atoms with Gasteiger partial charge in [-0.05, 0) is 20.3 Å². The first-order valence-corrected chi connectivity index (χ1v) is 4.06. The number of amides is 2. The topological polar surface area (TPSA) is 55.4 Å². The molecule has 12 heavy (non-hydrogen) atoms. The number of carbonyl (C=O) groups excluding carboxylic acids is 2. The Labute approximate surface area is 72.3 Å². The van der Waals surface area contributed by atoms with E-state index in [0.29, 0.717) is 6.42 Å². The van der Waals surface area contributed by atoms with Gasteiger partial charge in [-0.1, -0.05) is 6.92 Å². The Morgan fingerprint density at radius 2 is 2.00 bits per heavy atom. The van der Waals surface area contributed by atoms with Crippen molar-refractivity contribution in [2.75, 3.05) is 0 Å². The second kappa shape index (κ2) is 5.57. The molecule has 0 aromatic carbocycles. The van der Waals surface area contributed by atoms with Gasteiger partial charge in [0.2, 0.25) is 5.91 Å². The first kappa shape index (κ1) is 10.9. The Morgan fingerprint density at radius 1 is 1.42 bits per heavy atom. The first-order chi connectivity index (χ1) is 5.56. The van der Waals surface area contributed by atoms with Crippen molar-refractivity contribution >= 4 is 12.0 Å². The molecule has 4 heteroatoms. The molecule has 0 saturated carbocycles. The zero-order valence-corrected chi connectivity index (χ0v) is 7.72. The molecule has 0 atom stereocenters. The van der Waals surface area contributed by atoms with Crippen molar-refractivity contribution in [3.63, 3.8) is 0 Å². The second-order valence-corrected chi connectivity index (χ2v) is 2.75. The van der Waals surface area contributed by atoms with Gasteiger partial charge < -0.3 is 4.74 Å². The van der Waals surface area contributed by atoms with Gasteiger partial charge in [0.1, 0.15) is 0 Å². The molecule has 0 saturated heterocycles. The molecule has 0 radical (unpaired) electrons. The molecule has 0 rings (SSSR count). The van der Waals surface area contributed by atoms with Gasteiger partial charge in [-0.15, -0.1) is 0 Å². The molecule has 2 amide bonds. The lowest BCUT2D eigenvalue weighted by molar-refractivity contribution is -0.120. The minimum Gasteiger partial charge on any atom is -0.447 e. The maximum Gasteiger partial charge on any atom is 0.414 e. The lowest BCUT2D eigenvalue weighted by Crippen LogP contribution is -2.32. The van der Waals surface area contributed by atoms with Gasteiger partial charge in [0.15, 0.2) is 0 Å². The minimum absolute atomic E-state index is 0.195. The third kappa shape index (κ3) is 5.70. The normalized spacial score (nSPS) is 9.67. The molecule has 0 heterocycles. The molecule has 0 aromatic rings. The van der Waals surface area contributed by atoms with Gasteiger partial charge in [-0.3, -0.25) is 10.1 Å². The highest BCUT2D eigenvalue weighted by molar-refractivity contribution is 5.91. The van der Waals surface area contributed by atoms with Crippen LogP contribution in [0.3, 0.4) is 0 Å². The fourth-order valence-electron chi connectivity index (χ4n) is 0.647. The molecule has 1 N–H and O–H groups in total. The number of alkyl carbamates (subject to hydrolysis) is 1. The van der Waals surface area contributed by atoms with Gasteiger partial charge in [0, 0.05) is 6.42 Å². The molecule has 0 aliphatic rings. The molecule has 0 aliphatic carbocycles. The molecule has 0 bridgehead atoms. The van der Waals surface area contributed by atoms with Crippen LogP contribution in [0.25, 0.3) is 0 Å². The Kier molecular flexibility index (Phi) is 5.08. The SMILES string of the molecule is CCCC(=O)NC(=O)OC(C)C. The van der Waals surface area contributed by atoms with Crippen LogP contribution in [0.4, 0.5) is 4.79 Å². The zero-order valence-electron chi connectivity index (χ0n) is 7.72. The minimum atomic E-state index is -0.663. The highest BCUT2D eigenvalue weighted by atomic mass is 16.6. The summed E-state index contributed by atoms with van der Waals surface area (Å²) in [5.41, 5.74) is 0. The largest absolute Gasteiger partial charge is 0.447 e. The molecule has 0 aromatic heterocycles. The van der Waals surface area contributed by atoms with Crippen molar-refractivity contribution in [3.05, 3.63) is 0 Å². The van der Waals surface area contributed by atoms with Crippen molar-refractivity contribution in [1.82, 2.24) is 5.32 Å². The first-order valence-electron chi connectivity index (χ1n) is 4.06. The van der Waals surface area contributed by atoms with Gasteiger partial charge in [-0.2, -0.15) is 0 Å². The average Bonchev–Trinajstić information content (AvgIpc) is 1.84. The molecule has 0 fully saturated rings. The van der Waals surface area contributed by atoms with Crippen LogP contribution in [0.5, 0.6) is 0 Å². The summed E-state index contributed by atoms with van der Waals surface area (Å²) in [6.07, 6.45) is 0.219. The third-order valence-corrected chi connectivity index (χ3v) is 1.06. The van der Waals surface area contributed by atoms with Crippen molar-refractivity contribution in [2.24, 2.45) is 0 Å². The third-order valence-electron chi connectivity index (χ3n) is 1.06. The standard InChI is InChI=1S/C8H15NO3/c1-4-5-7(10)9-8(11)12-6(2)3/h6H,4-5H2,1-3H3,(H,9,10,11). The number of hydrogen-bond donors (Lipinski definition) is 1. The van der Waals surface area contributed by atoms with Gasteiger partial charge in [0.25, 0.3) is 0 Å². The van der Waals surface area contributed by atoms with E-state index in [1.54, 1.807) is 13.8 Å². The van der Waals surface area contributed by atoms with Gasteiger partial charge in [-0.25, -0.2) is 4.79 Å². The van der Waals surface area contributed by atoms with E-state index in [1.165, 1.54) is 0 Å². The monoisotopic (exact) mass is 173 g/mol. The number of nitrogens with one attached hydrogen (secondary N) is 1. The Balaban J connectivity index is 3.62. The van der Waals surface area contributed by atoms with Crippen LogP contribution in [0, 0.1) is 0 Å². The average molecular weight is 173 g/mol. The molecule has 0 unspecified atom stereocenters. The summed E-state index contributed by atoms with van der Waals surface area (Å²) in [6.45, 7) is 5.32. The maximum absolute atomic E-state index is 10.8. The van der Waals surface area contributed by atoms with Gasteiger partial charge >= 0.3 is 6.09 Å². The molecular weight excluding hydrogens is 158 g/mol. The zero-order chi connectivity index (χ0) is 9.56. The van der Waals surface area contributed by atoms with E-state index >= 15 is 0 Å². The molecule has 0 aliphatic heterocycles. The smallest absolute Gasteiger partial charge is 0.414 e. The lowest BCUT2D eigenvalue weighted by atomic mass is 10.3. The molecular formula is C8H15NO3. The Bertz CT molecular complexity index is 166. The maximum atomic E-state index is 10.8. The van der Waals surface area contributed by atoms with Crippen molar-refractivity contribution in [3.8, 4) is 0 Å². The molecule has 4 nitrogen and oxygen atoms in total. The van der Waals surface area contributed by atoms with Crippen LogP contribution < -0.4 is 5.32 Å². The number of carbonyl (C=O) groups is 2. The summed E-state index contributed by atoms with van der Waals surface area (Å²) < 4.78 is 4.70. The fourth-order valence-corrected chi connectivity index (χ4v) is 0.647.